The van der Waals surface area contributed by atoms with Gasteiger partial charge in [0.2, 0.25) is 5.91 Å². The fraction of sp³-hybridized carbons (Fsp3) is 0.444. The second-order valence-corrected chi connectivity index (χ2v) is 8.61. The number of amides is 1. The van der Waals surface area contributed by atoms with Gasteiger partial charge in [-0.1, -0.05) is 31.5 Å². The van der Waals surface area contributed by atoms with Gasteiger partial charge in [-0.2, -0.15) is 0 Å². The first-order chi connectivity index (χ1) is 15.9. The number of para-hydroxylation sites is 1. The molecule has 0 radical (unpaired) electrons. The lowest BCUT2D eigenvalue weighted by atomic mass is 10.1. The molecular formula is C27H35N3O3. The highest BCUT2D eigenvalue weighted by atomic mass is 16.5. The number of benzene rings is 2. The summed E-state index contributed by atoms with van der Waals surface area (Å²) in [7, 11) is 1.66. The standard InChI is InChI=1S/C27H35N3O3/c1-6-7-13-25(31)29(16-10-17-33-5)21(4)26-28-24-12-9-8-11-23(24)27(32)30(26)22-15-14-19(2)20(3)18-22/h8-9,11-12,14-15,18,21H,6-7,10,13,16-17H2,1-5H3. The van der Waals surface area contributed by atoms with E-state index in [1.807, 2.05) is 62.1 Å². The zero-order valence-electron chi connectivity index (χ0n) is 20.4. The molecule has 2 aromatic carbocycles. The van der Waals surface area contributed by atoms with Gasteiger partial charge >= 0.3 is 0 Å². The van der Waals surface area contributed by atoms with Crippen LogP contribution in [0.3, 0.4) is 0 Å². The number of rotatable bonds is 10. The molecule has 3 aromatic rings. The first kappa shape index (κ1) is 24.6. The van der Waals surface area contributed by atoms with Crippen molar-refractivity contribution in [3.8, 4) is 5.69 Å². The Morgan fingerprint density at radius 3 is 2.58 bits per heavy atom. The predicted molar refractivity (Wildman–Crippen MR) is 133 cm³/mol. The van der Waals surface area contributed by atoms with Gasteiger partial charge in [0.15, 0.2) is 0 Å². The summed E-state index contributed by atoms with van der Waals surface area (Å²) in [4.78, 5) is 33.6. The van der Waals surface area contributed by atoms with E-state index in [1.54, 1.807) is 17.7 Å². The van der Waals surface area contributed by atoms with E-state index in [-0.39, 0.29) is 17.5 Å². The summed E-state index contributed by atoms with van der Waals surface area (Å²) in [5.74, 6) is 0.652. The molecule has 6 heteroatoms. The Morgan fingerprint density at radius 1 is 1.12 bits per heavy atom. The molecule has 0 N–H and O–H groups in total. The number of carbonyl (C=O) groups is 1. The summed E-state index contributed by atoms with van der Waals surface area (Å²) in [6.45, 7) is 9.24. The molecule has 3 rings (SSSR count). The first-order valence-electron chi connectivity index (χ1n) is 11.8. The van der Waals surface area contributed by atoms with Crippen LogP contribution in [0.15, 0.2) is 47.3 Å². The van der Waals surface area contributed by atoms with Gasteiger partial charge in [0.25, 0.3) is 5.56 Å². The quantitative estimate of drug-likeness (QED) is 0.403. The summed E-state index contributed by atoms with van der Waals surface area (Å²) in [5, 5.41) is 0.565. The van der Waals surface area contributed by atoms with Crippen LogP contribution in [0.25, 0.3) is 16.6 Å². The second-order valence-electron chi connectivity index (χ2n) is 8.61. The summed E-state index contributed by atoms with van der Waals surface area (Å²) in [5.41, 5.74) is 3.54. The van der Waals surface area contributed by atoms with Crippen LogP contribution in [0.1, 0.15) is 62.5 Å². The van der Waals surface area contributed by atoms with Gasteiger partial charge in [-0.15, -0.1) is 0 Å². The minimum atomic E-state index is -0.370. The summed E-state index contributed by atoms with van der Waals surface area (Å²) in [6, 6.07) is 13.0. The summed E-state index contributed by atoms with van der Waals surface area (Å²) >= 11 is 0. The molecule has 0 saturated heterocycles. The molecule has 1 unspecified atom stereocenters. The van der Waals surface area contributed by atoms with E-state index in [0.29, 0.717) is 36.3 Å². The van der Waals surface area contributed by atoms with Crippen molar-refractivity contribution in [3.05, 3.63) is 69.8 Å². The number of aryl methyl sites for hydroxylation is 2. The number of hydrogen-bond donors (Lipinski definition) is 0. The molecule has 0 saturated carbocycles. The van der Waals surface area contributed by atoms with E-state index in [2.05, 4.69) is 6.92 Å². The minimum absolute atomic E-state index is 0.0782. The third kappa shape index (κ3) is 5.50. The van der Waals surface area contributed by atoms with Crippen molar-refractivity contribution in [2.45, 2.75) is 59.4 Å². The smallest absolute Gasteiger partial charge is 0.266 e. The molecule has 0 fully saturated rings. The maximum absolute atomic E-state index is 13.7. The Kier molecular flexibility index (Phi) is 8.39. The van der Waals surface area contributed by atoms with Crippen molar-refractivity contribution < 1.29 is 9.53 Å². The average molecular weight is 450 g/mol. The van der Waals surface area contributed by atoms with E-state index in [1.165, 1.54) is 0 Å². The van der Waals surface area contributed by atoms with Crippen molar-refractivity contribution in [3.63, 3.8) is 0 Å². The topological polar surface area (TPSA) is 64.4 Å². The van der Waals surface area contributed by atoms with Crippen LogP contribution in [0, 0.1) is 13.8 Å². The largest absolute Gasteiger partial charge is 0.385 e. The first-order valence-corrected chi connectivity index (χ1v) is 11.8. The van der Waals surface area contributed by atoms with Gasteiger partial charge < -0.3 is 9.64 Å². The van der Waals surface area contributed by atoms with E-state index in [4.69, 9.17) is 9.72 Å². The van der Waals surface area contributed by atoms with Gasteiger partial charge in [0.05, 0.1) is 22.6 Å². The molecule has 1 amide bonds. The number of unbranched alkanes of at least 4 members (excludes halogenated alkanes) is 1. The molecule has 6 nitrogen and oxygen atoms in total. The Hall–Kier alpha value is -2.99. The van der Waals surface area contributed by atoms with E-state index >= 15 is 0 Å². The molecule has 0 aliphatic rings. The molecule has 1 heterocycles. The van der Waals surface area contributed by atoms with Gasteiger partial charge in [0.1, 0.15) is 5.82 Å². The SMILES string of the molecule is CCCCC(=O)N(CCCOC)C(C)c1nc2ccccc2c(=O)n1-c1ccc(C)c(C)c1. The van der Waals surface area contributed by atoms with Crippen molar-refractivity contribution in [1.29, 1.82) is 0 Å². The average Bonchev–Trinajstić information content (AvgIpc) is 2.82. The molecule has 0 bridgehead atoms. The van der Waals surface area contributed by atoms with Crippen LogP contribution in [-0.4, -0.2) is 40.6 Å². The van der Waals surface area contributed by atoms with Gasteiger partial charge in [-0.25, -0.2) is 4.98 Å². The highest BCUT2D eigenvalue weighted by Crippen LogP contribution is 2.25. The Balaban J connectivity index is 2.18. The summed E-state index contributed by atoms with van der Waals surface area (Å²) < 4.78 is 6.90. The van der Waals surface area contributed by atoms with E-state index < -0.39 is 0 Å². The Labute approximate surface area is 196 Å². The van der Waals surface area contributed by atoms with Crippen LogP contribution in [0.2, 0.25) is 0 Å². The predicted octanol–water partition coefficient (Wildman–Crippen LogP) is 5.12. The zero-order valence-corrected chi connectivity index (χ0v) is 20.4. The second kappa shape index (κ2) is 11.2. The number of aromatic nitrogens is 2. The molecule has 0 aliphatic carbocycles. The molecule has 176 valence electrons. The number of fused-ring (bicyclic) bond motifs is 1. The number of ether oxygens (including phenoxy) is 1. The molecule has 1 aromatic heterocycles. The molecule has 33 heavy (non-hydrogen) atoms. The number of carbonyl (C=O) groups excluding carboxylic acids is 1. The number of methoxy groups -OCH3 is 1. The number of nitrogens with zero attached hydrogens (tertiary/aromatic N) is 3. The molecule has 0 aliphatic heterocycles. The van der Waals surface area contributed by atoms with Crippen molar-refractivity contribution >= 4 is 16.8 Å². The van der Waals surface area contributed by atoms with E-state index in [0.717, 1.165) is 36.1 Å². The molecular weight excluding hydrogens is 414 g/mol. The third-order valence-electron chi connectivity index (χ3n) is 6.20. The normalized spacial score (nSPS) is 12.2. The lowest BCUT2D eigenvalue weighted by Gasteiger charge is -2.31. The molecule has 0 spiro atoms. The summed E-state index contributed by atoms with van der Waals surface area (Å²) in [6.07, 6.45) is 2.99. The maximum atomic E-state index is 13.7. The highest BCUT2D eigenvalue weighted by molar-refractivity contribution is 5.79. The van der Waals surface area contributed by atoms with Crippen LogP contribution in [0.5, 0.6) is 0 Å². The molecule has 1 atom stereocenters. The van der Waals surface area contributed by atoms with Crippen molar-refractivity contribution in [2.24, 2.45) is 0 Å². The van der Waals surface area contributed by atoms with Crippen LogP contribution in [-0.2, 0) is 9.53 Å². The Morgan fingerprint density at radius 2 is 1.88 bits per heavy atom. The third-order valence-corrected chi connectivity index (χ3v) is 6.20. The monoisotopic (exact) mass is 449 g/mol. The van der Waals surface area contributed by atoms with Crippen molar-refractivity contribution in [1.82, 2.24) is 14.5 Å². The van der Waals surface area contributed by atoms with Gasteiger partial charge in [-0.3, -0.25) is 14.2 Å². The maximum Gasteiger partial charge on any atom is 0.266 e. The fourth-order valence-electron chi connectivity index (χ4n) is 4.07. The van der Waals surface area contributed by atoms with Crippen LogP contribution >= 0.6 is 0 Å². The lowest BCUT2D eigenvalue weighted by molar-refractivity contribution is -0.133. The zero-order chi connectivity index (χ0) is 24.0. The number of hydrogen-bond acceptors (Lipinski definition) is 4. The highest BCUT2D eigenvalue weighted by Gasteiger charge is 2.26. The van der Waals surface area contributed by atoms with Crippen LogP contribution < -0.4 is 5.56 Å². The van der Waals surface area contributed by atoms with Gasteiger partial charge in [0, 0.05) is 26.7 Å². The van der Waals surface area contributed by atoms with Crippen LogP contribution in [0.4, 0.5) is 0 Å². The van der Waals surface area contributed by atoms with Crippen molar-refractivity contribution in [2.75, 3.05) is 20.3 Å². The minimum Gasteiger partial charge on any atom is -0.385 e. The van der Waals surface area contributed by atoms with E-state index in [9.17, 15) is 9.59 Å². The Bertz CT molecular complexity index is 1170. The fourth-order valence-corrected chi connectivity index (χ4v) is 4.07. The van der Waals surface area contributed by atoms with Gasteiger partial charge in [-0.05, 0) is 69.0 Å². The lowest BCUT2D eigenvalue weighted by Crippen LogP contribution is -2.38.